The first-order chi connectivity index (χ1) is 12.0. The summed E-state index contributed by atoms with van der Waals surface area (Å²) in [4.78, 5) is 20.5. The van der Waals surface area contributed by atoms with Gasteiger partial charge in [0.25, 0.3) is 0 Å². The van der Waals surface area contributed by atoms with E-state index in [1.807, 2.05) is 61.1 Å². The van der Waals surface area contributed by atoms with Crippen LogP contribution in [-0.4, -0.2) is 25.6 Å². The highest BCUT2D eigenvalue weighted by Crippen LogP contribution is 2.30. The maximum atomic E-state index is 11.6. The van der Waals surface area contributed by atoms with Crippen molar-refractivity contribution in [1.82, 2.24) is 14.5 Å². The molecule has 0 atom stereocenters. The van der Waals surface area contributed by atoms with Crippen molar-refractivity contribution in [2.24, 2.45) is 7.05 Å². The van der Waals surface area contributed by atoms with Gasteiger partial charge in [0.15, 0.2) is 0 Å². The topological polar surface area (TPSA) is 68.0 Å². The van der Waals surface area contributed by atoms with Crippen molar-refractivity contribution < 1.29 is 9.90 Å². The van der Waals surface area contributed by atoms with E-state index in [2.05, 4.69) is 9.97 Å². The molecule has 1 N–H and O–H groups in total. The Morgan fingerprint density at radius 2 is 1.92 bits per heavy atom. The fourth-order valence-corrected chi connectivity index (χ4v) is 3.33. The molecule has 3 aromatic heterocycles. The Hall–Kier alpha value is -3.21. The smallest absolute Gasteiger partial charge is 0.354 e. The zero-order valence-corrected chi connectivity index (χ0v) is 14.0. The fourth-order valence-electron chi connectivity index (χ4n) is 3.33. The normalized spacial score (nSPS) is 11.3. The van der Waals surface area contributed by atoms with Crippen molar-refractivity contribution in [1.29, 1.82) is 0 Å². The first-order valence-corrected chi connectivity index (χ1v) is 8.06. The van der Waals surface area contributed by atoms with E-state index in [0.29, 0.717) is 6.42 Å². The van der Waals surface area contributed by atoms with Gasteiger partial charge in [-0.25, -0.2) is 14.8 Å². The monoisotopic (exact) mass is 331 g/mol. The highest BCUT2D eigenvalue weighted by molar-refractivity contribution is 6.09. The van der Waals surface area contributed by atoms with Crippen LogP contribution in [0.5, 0.6) is 0 Å². The molecule has 124 valence electrons. The van der Waals surface area contributed by atoms with Gasteiger partial charge in [0.1, 0.15) is 11.3 Å². The summed E-state index contributed by atoms with van der Waals surface area (Å²) < 4.78 is 2.00. The van der Waals surface area contributed by atoms with Crippen molar-refractivity contribution in [3.63, 3.8) is 0 Å². The molecule has 0 spiro atoms. The number of hydrogen-bond acceptors (Lipinski definition) is 3. The van der Waals surface area contributed by atoms with Gasteiger partial charge in [-0.3, -0.25) is 0 Å². The molecule has 1 aromatic carbocycles. The van der Waals surface area contributed by atoms with Gasteiger partial charge in [-0.1, -0.05) is 30.3 Å². The predicted molar refractivity (Wildman–Crippen MR) is 97.0 cm³/mol. The highest BCUT2D eigenvalue weighted by Gasteiger charge is 2.18. The summed E-state index contributed by atoms with van der Waals surface area (Å²) in [5, 5.41) is 11.3. The number of aromatic nitrogens is 3. The number of fused-ring (bicyclic) bond motifs is 3. The Balaban J connectivity index is 2.06. The van der Waals surface area contributed by atoms with Crippen LogP contribution in [0, 0.1) is 6.92 Å². The molecule has 0 amide bonds. The molecule has 4 aromatic rings. The molecule has 3 heterocycles. The Bertz CT molecular complexity index is 1110. The number of aryl methyl sites for hydroxylation is 2. The molecule has 4 rings (SSSR count). The van der Waals surface area contributed by atoms with Gasteiger partial charge in [0, 0.05) is 30.4 Å². The lowest BCUT2D eigenvalue weighted by atomic mass is 10.1. The zero-order valence-electron chi connectivity index (χ0n) is 14.0. The zero-order chi connectivity index (χ0) is 17.6. The lowest BCUT2D eigenvalue weighted by molar-refractivity contribution is 0.0690. The van der Waals surface area contributed by atoms with Crippen molar-refractivity contribution >= 4 is 27.9 Å². The second-order valence-electron chi connectivity index (χ2n) is 6.26. The average Bonchev–Trinajstić information content (AvgIpc) is 2.88. The van der Waals surface area contributed by atoms with Crippen LogP contribution >= 0.6 is 0 Å². The number of nitrogens with zero attached hydrogens (tertiary/aromatic N) is 3. The van der Waals surface area contributed by atoms with Crippen LogP contribution in [-0.2, 0) is 13.5 Å². The van der Waals surface area contributed by atoms with Crippen LogP contribution in [0.25, 0.3) is 21.9 Å². The molecule has 0 saturated carbocycles. The molecule has 0 radical (unpaired) electrons. The maximum Gasteiger partial charge on any atom is 0.354 e. The van der Waals surface area contributed by atoms with Gasteiger partial charge in [-0.05, 0) is 30.2 Å². The van der Waals surface area contributed by atoms with Gasteiger partial charge < -0.3 is 9.67 Å². The van der Waals surface area contributed by atoms with Gasteiger partial charge in [-0.2, -0.15) is 0 Å². The number of carbonyl (C=O) groups is 1. The third kappa shape index (κ3) is 2.54. The summed E-state index contributed by atoms with van der Waals surface area (Å²) >= 11 is 0. The highest BCUT2D eigenvalue weighted by atomic mass is 16.4. The summed E-state index contributed by atoms with van der Waals surface area (Å²) in [7, 11) is 1.95. The van der Waals surface area contributed by atoms with E-state index in [-0.39, 0.29) is 5.69 Å². The summed E-state index contributed by atoms with van der Waals surface area (Å²) in [6, 6.07) is 13.6. The largest absolute Gasteiger partial charge is 0.477 e. The molecular formula is C20H17N3O2. The SMILES string of the molecule is Cc1cnc2c(c1)c1cc(C(=O)O)nc(Cc3ccccc3)c1n2C. The number of carboxylic acid groups (broad SMARTS) is 1. The number of carboxylic acids is 1. The van der Waals surface area contributed by atoms with Crippen molar-refractivity contribution in [3.05, 3.63) is 71.2 Å². The van der Waals surface area contributed by atoms with Crippen LogP contribution in [0.3, 0.4) is 0 Å². The summed E-state index contributed by atoms with van der Waals surface area (Å²) in [6.07, 6.45) is 2.39. The summed E-state index contributed by atoms with van der Waals surface area (Å²) in [5.74, 6) is -1.02. The van der Waals surface area contributed by atoms with E-state index in [9.17, 15) is 9.90 Å². The number of hydrogen-bond donors (Lipinski definition) is 1. The van der Waals surface area contributed by atoms with E-state index in [1.54, 1.807) is 6.07 Å². The molecule has 25 heavy (non-hydrogen) atoms. The van der Waals surface area contributed by atoms with Gasteiger partial charge in [0.05, 0.1) is 11.2 Å². The minimum absolute atomic E-state index is 0.0624. The first kappa shape index (κ1) is 15.3. The van der Waals surface area contributed by atoms with Crippen LogP contribution in [0.4, 0.5) is 0 Å². The standard InChI is InChI=1S/C20H17N3O2/c1-12-8-15-14-10-17(20(24)25)22-16(9-13-6-4-3-5-7-13)18(14)23(2)19(15)21-11-12/h3-8,10-11H,9H2,1-2H3,(H,24,25). The van der Waals surface area contributed by atoms with Crippen LogP contribution < -0.4 is 0 Å². The lowest BCUT2D eigenvalue weighted by Gasteiger charge is -2.07. The van der Waals surface area contributed by atoms with E-state index in [0.717, 1.165) is 38.8 Å². The molecule has 0 bridgehead atoms. The number of rotatable bonds is 3. The minimum Gasteiger partial charge on any atom is -0.477 e. The van der Waals surface area contributed by atoms with Gasteiger partial charge >= 0.3 is 5.97 Å². The predicted octanol–water partition coefficient (Wildman–Crippen LogP) is 3.72. The third-order valence-corrected chi connectivity index (χ3v) is 4.45. The third-order valence-electron chi connectivity index (χ3n) is 4.45. The second-order valence-corrected chi connectivity index (χ2v) is 6.26. The van der Waals surface area contributed by atoms with Gasteiger partial charge in [0.2, 0.25) is 0 Å². The molecule has 0 aliphatic rings. The van der Waals surface area contributed by atoms with Crippen LogP contribution in [0.15, 0.2) is 48.7 Å². The van der Waals surface area contributed by atoms with Crippen molar-refractivity contribution in [2.75, 3.05) is 0 Å². The molecule has 0 unspecified atom stereocenters. The van der Waals surface area contributed by atoms with E-state index < -0.39 is 5.97 Å². The number of benzene rings is 1. The van der Waals surface area contributed by atoms with Crippen molar-refractivity contribution in [2.45, 2.75) is 13.3 Å². The van der Waals surface area contributed by atoms with Crippen LogP contribution in [0.1, 0.15) is 27.3 Å². The fraction of sp³-hybridized carbons (Fsp3) is 0.150. The Morgan fingerprint density at radius 1 is 1.16 bits per heavy atom. The Kier molecular flexibility index (Phi) is 3.50. The molecule has 0 fully saturated rings. The average molecular weight is 331 g/mol. The number of aromatic carboxylic acids is 1. The Morgan fingerprint density at radius 3 is 2.64 bits per heavy atom. The van der Waals surface area contributed by atoms with Gasteiger partial charge in [-0.15, -0.1) is 0 Å². The van der Waals surface area contributed by atoms with E-state index in [4.69, 9.17) is 0 Å². The molecule has 0 aliphatic carbocycles. The molecular weight excluding hydrogens is 314 g/mol. The first-order valence-electron chi connectivity index (χ1n) is 8.06. The molecule has 0 saturated heterocycles. The molecule has 5 nitrogen and oxygen atoms in total. The van der Waals surface area contributed by atoms with E-state index >= 15 is 0 Å². The minimum atomic E-state index is -1.02. The molecule has 5 heteroatoms. The summed E-state index contributed by atoms with van der Waals surface area (Å²) in [5.41, 5.74) is 4.71. The quantitative estimate of drug-likeness (QED) is 0.621. The number of pyridine rings is 2. The van der Waals surface area contributed by atoms with E-state index in [1.165, 1.54) is 0 Å². The van der Waals surface area contributed by atoms with Crippen molar-refractivity contribution in [3.8, 4) is 0 Å². The molecule has 0 aliphatic heterocycles. The Labute approximate surface area is 144 Å². The second kappa shape index (κ2) is 5.70. The van der Waals surface area contributed by atoms with Crippen LogP contribution in [0.2, 0.25) is 0 Å². The maximum absolute atomic E-state index is 11.6. The lowest BCUT2D eigenvalue weighted by Crippen LogP contribution is -2.05. The summed E-state index contributed by atoms with van der Waals surface area (Å²) in [6.45, 7) is 1.98.